The van der Waals surface area contributed by atoms with Crippen LogP contribution >= 0.6 is 15.9 Å². The summed E-state index contributed by atoms with van der Waals surface area (Å²) >= 11 is 3.30. The zero-order valence-corrected chi connectivity index (χ0v) is 10.6. The largest absolute Gasteiger partial charge is 0.506 e. The van der Waals surface area contributed by atoms with Crippen LogP contribution in [0.2, 0.25) is 0 Å². The second-order valence-corrected chi connectivity index (χ2v) is 5.08. The Balaban J connectivity index is 2.36. The van der Waals surface area contributed by atoms with Gasteiger partial charge in [0.05, 0.1) is 4.47 Å². The Morgan fingerprint density at radius 2 is 2.38 bits per heavy atom. The van der Waals surface area contributed by atoms with Crippen LogP contribution in [0.15, 0.2) is 16.6 Å². The Labute approximate surface area is 103 Å². The summed E-state index contributed by atoms with van der Waals surface area (Å²) in [5, 5.41) is 13.3. The molecule has 0 amide bonds. The van der Waals surface area contributed by atoms with Gasteiger partial charge in [-0.25, -0.2) is 0 Å². The normalized spacial score (nSPS) is 23.4. The standard InChI is InChI=1S/C12H14BrNO2/c1-7-8(4-5-15)6-9-11(14-7)3-2-10(13)12(9)16/h2-3,5,7-8,14,16H,4,6H2,1H3. The van der Waals surface area contributed by atoms with Crippen molar-refractivity contribution in [3.05, 3.63) is 22.2 Å². The molecule has 0 radical (unpaired) electrons. The van der Waals surface area contributed by atoms with Crippen LogP contribution in [-0.4, -0.2) is 17.4 Å². The van der Waals surface area contributed by atoms with Crippen molar-refractivity contribution in [2.45, 2.75) is 25.8 Å². The fraction of sp³-hybridized carbons (Fsp3) is 0.417. The van der Waals surface area contributed by atoms with E-state index in [1.165, 1.54) is 0 Å². The minimum absolute atomic E-state index is 0.255. The quantitative estimate of drug-likeness (QED) is 0.821. The van der Waals surface area contributed by atoms with E-state index in [9.17, 15) is 9.90 Å². The van der Waals surface area contributed by atoms with E-state index in [4.69, 9.17) is 0 Å². The van der Waals surface area contributed by atoms with E-state index in [1.807, 2.05) is 12.1 Å². The van der Waals surface area contributed by atoms with Crippen molar-refractivity contribution in [2.75, 3.05) is 5.32 Å². The second kappa shape index (κ2) is 4.45. The molecule has 0 fully saturated rings. The molecular formula is C12H14BrNO2. The zero-order valence-electron chi connectivity index (χ0n) is 9.03. The third-order valence-corrected chi connectivity index (χ3v) is 3.83. The summed E-state index contributed by atoms with van der Waals surface area (Å²) in [4.78, 5) is 10.6. The van der Waals surface area contributed by atoms with Crippen LogP contribution in [0.5, 0.6) is 5.75 Å². The lowest BCUT2D eigenvalue weighted by Gasteiger charge is -2.32. The number of phenolic OH excluding ortho intramolecular Hbond substituents is 1. The minimum atomic E-state index is 0.255. The molecule has 0 aliphatic carbocycles. The van der Waals surface area contributed by atoms with Crippen molar-refractivity contribution in [3.8, 4) is 5.75 Å². The molecule has 0 aromatic heterocycles. The maximum Gasteiger partial charge on any atom is 0.135 e. The lowest BCUT2D eigenvalue weighted by molar-refractivity contribution is -0.108. The molecule has 2 atom stereocenters. The molecule has 86 valence electrons. The highest BCUT2D eigenvalue weighted by Crippen LogP contribution is 2.39. The SMILES string of the molecule is CC1Nc2ccc(Br)c(O)c2CC1CC=O. The highest BCUT2D eigenvalue weighted by molar-refractivity contribution is 9.10. The van der Waals surface area contributed by atoms with Gasteiger partial charge in [-0.15, -0.1) is 0 Å². The van der Waals surface area contributed by atoms with E-state index in [0.717, 1.165) is 24.0 Å². The van der Waals surface area contributed by atoms with Gasteiger partial charge in [-0.2, -0.15) is 0 Å². The Hall–Kier alpha value is -1.03. The number of halogens is 1. The van der Waals surface area contributed by atoms with E-state index in [-0.39, 0.29) is 17.7 Å². The Kier molecular flexibility index (Phi) is 3.19. The first-order valence-electron chi connectivity index (χ1n) is 5.34. The second-order valence-electron chi connectivity index (χ2n) is 4.22. The molecule has 0 bridgehead atoms. The summed E-state index contributed by atoms with van der Waals surface area (Å²) in [6.45, 7) is 2.07. The molecule has 1 heterocycles. The number of nitrogens with one attached hydrogen (secondary N) is 1. The number of hydrogen-bond acceptors (Lipinski definition) is 3. The predicted octanol–water partition coefficient (Wildman–Crippen LogP) is 2.72. The van der Waals surface area contributed by atoms with E-state index < -0.39 is 0 Å². The first-order valence-corrected chi connectivity index (χ1v) is 6.13. The number of carbonyl (C=O) groups excluding carboxylic acids is 1. The molecule has 0 spiro atoms. The molecular weight excluding hydrogens is 270 g/mol. The van der Waals surface area contributed by atoms with Crippen LogP contribution < -0.4 is 5.32 Å². The first kappa shape index (κ1) is 11.5. The Bertz CT molecular complexity index is 420. The molecule has 2 rings (SSSR count). The highest BCUT2D eigenvalue weighted by Gasteiger charge is 2.26. The number of benzene rings is 1. The van der Waals surface area contributed by atoms with E-state index in [0.29, 0.717) is 10.9 Å². The molecule has 1 aliphatic heterocycles. The molecule has 4 heteroatoms. The van der Waals surface area contributed by atoms with Gasteiger partial charge in [0.1, 0.15) is 12.0 Å². The number of aromatic hydroxyl groups is 1. The van der Waals surface area contributed by atoms with E-state index in [1.54, 1.807) is 0 Å². The molecule has 3 nitrogen and oxygen atoms in total. The van der Waals surface area contributed by atoms with Crippen molar-refractivity contribution in [2.24, 2.45) is 5.92 Å². The van der Waals surface area contributed by atoms with E-state index >= 15 is 0 Å². The van der Waals surface area contributed by atoms with Gasteiger partial charge in [0.25, 0.3) is 0 Å². The summed E-state index contributed by atoms with van der Waals surface area (Å²) in [6.07, 6.45) is 2.22. The van der Waals surface area contributed by atoms with Gasteiger partial charge in [-0.05, 0) is 47.3 Å². The summed E-state index contributed by atoms with van der Waals surface area (Å²) < 4.78 is 0.701. The average molecular weight is 284 g/mol. The topological polar surface area (TPSA) is 49.3 Å². The number of aldehydes is 1. The molecule has 1 aromatic rings. The van der Waals surface area contributed by atoms with Crippen molar-refractivity contribution in [1.29, 1.82) is 0 Å². The van der Waals surface area contributed by atoms with Gasteiger partial charge in [-0.1, -0.05) is 0 Å². The molecule has 16 heavy (non-hydrogen) atoms. The number of carbonyl (C=O) groups is 1. The highest BCUT2D eigenvalue weighted by atomic mass is 79.9. The fourth-order valence-corrected chi connectivity index (χ4v) is 2.53. The Morgan fingerprint density at radius 3 is 3.06 bits per heavy atom. The van der Waals surface area contributed by atoms with Gasteiger partial charge in [-0.3, -0.25) is 0 Å². The number of phenols is 1. The number of fused-ring (bicyclic) bond motifs is 1. The van der Waals surface area contributed by atoms with Crippen molar-refractivity contribution in [1.82, 2.24) is 0 Å². The van der Waals surface area contributed by atoms with Crippen molar-refractivity contribution >= 4 is 27.9 Å². The maximum absolute atomic E-state index is 10.6. The monoisotopic (exact) mass is 283 g/mol. The van der Waals surface area contributed by atoms with Gasteiger partial charge in [0, 0.05) is 23.7 Å². The van der Waals surface area contributed by atoms with Crippen LogP contribution in [0.4, 0.5) is 5.69 Å². The van der Waals surface area contributed by atoms with Crippen molar-refractivity contribution in [3.63, 3.8) is 0 Å². The fourth-order valence-electron chi connectivity index (χ4n) is 2.16. The molecule has 1 aliphatic rings. The summed E-state index contributed by atoms with van der Waals surface area (Å²) in [5.74, 6) is 0.540. The van der Waals surface area contributed by atoms with Crippen LogP contribution in [0.25, 0.3) is 0 Å². The third kappa shape index (κ3) is 1.94. The van der Waals surface area contributed by atoms with Crippen LogP contribution in [-0.2, 0) is 11.2 Å². The Morgan fingerprint density at radius 1 is 1.62 bits per heavy atom. The predicted molar refractivity (Wildman–Crippen MR) is 66.8 cm³/mol. The number of hydrogen-bond donors (Lipinski definition) is 2. The smallest absolute Gasteiger partial charge is 0.135 e. The summed E-state index contributed by atoms with van der Waals surface area (Å²) in [5.41, 5.74) is 1.87. The van der Waals surface area contributed by atoms with Gasteiger partial charge >= 0.3 is 0 Å². The summed E-state index contributed by atoms with van der Waals surface area (Å²) in [6, 6.07) is 4.04. The van der Waals surface area contributed by atoms with Crippen LogP contribution in [0.1, 0.15) is 18.9 Å². The van der Waals surface area contributed by atoms with Gasteiger partial charge < -0.3 is 15.2 Å². The van der Waals surface area contributed by atoms with E-state index in [2.05, 4.69) is 28.2 Å². The van der Waals surface area contributed by atoms with Gasteiger partial charge in [0.2, 0.25) is 0 Å². The molecule has 2 unspecified atom stereocenters. The summed E-state index contributed by atoms with van der Waals surface area (Å²) in [7, 11) is 0. The minimum Gasteiger partial charge on any atom is -0.506 e. The van der Waals surface area contributed by atoms with Crippen LogP contribution in [0, 0.1) is 5.92 Å². The van der Waals surface area contributed by atoms with Crippen molar-refractivity contribution < 1.29 is 9.90 Å². The molecule has 1 aromatic carbocycles. The maximum atomic E-state index is 10.6. The number of anilines is 1. The first-order chi connectivity index (χ1) is 7.63. The van der Waals surface area contributed by atoms with Gasteiger partial charge in [0.15, 0.2) is 0 Å². The lowest BCUT2D eigenvalue weighted by Crippen LogP contribution is -2.32. The molecule has 0 saturated carbocycles. The molecule has 0 saturated heterocycles. The average Bonchev–Trinajstić information content (AvgIpc) is 2.26. The number of rotatable bonds is 2. The lowest BCUT2D eigenvalue weighted by atomic mass is 9.86. The zero-order chi connectivity index (χ0) is 11.7. The third-order valence-electron chi connectivity index (χ3n) is 3.19. The van der Waals surface area contributed by atoms with Crippen LogP contribution in [0.3, 0.4) is 0 Å². The molecule has 2 N–H and O–H groups in total.